The molecule has 0 radical (unpaired) electrons. The van der Waals surface area contributed by atoms with Gasteiger partial charge in [-0.05, 0) is 28.9 Å². The molecule has 2 N–H and O–H groups in total. The Hall–Kier alpha value is -1.51. The Morgan fingerprint density at radius 3 is 2.60 bits per heavy atom. The average Bonchev–Trinajstić information content (AvgIpc) is 2.60. The maximum absolute atomic E-state index is 14.0. The zero-order valence-electron chi connectivity index (χ0n) is 10.4. The number of hydrogen-bond donors (Lipinski definition) is 1. The fourth-order valence-corrected chi connectivity index (χ4v) is 2.15. The van der Waals surface area contributed by atoms with Crippen molar-refractivity contribution in [1.29, 1.82) is 0 Å². The Morgan fingerprint density at radius 2 is 2.05 bits per heavy atom. The number of nitrogens with zero attached hydrogens (tertiary/aromatic N) is 2. The summed E-state index contributed by atoms with van der Waals surface area (Å²) in [6.07, 6.45) is -6.59. The summed E-state index contributed by atoms with van der Waals surface area (Å²) >= 11 is 2.93. The highest BCUT2D eigenvalue weighted by Crippen LogP contribution is 2.38. The van der Waals surface area contributed by atoms with E-state index >= 15 is 0 Å². The van der Waals surface area contributed by atoms with Gasteiger partial charge < -0.3 is 10.5 Å². The molecule has 1 aromatic carbocycles. The lowest BCUT2D eigenvalue weighted by molar-refractivity contribution is -0.188. The van der Waals surface area contributed by atoms with E-state index in [4.69, 9.17) is 10.5 Å². The molecule has 110 valence electrons. The lowest BCUT2D eigenvalue weighted by Gasteiger charge is -2.18. The summed E-state index contributed by atoms with van der Waals surface area (Å²) in [5.74, 6) is -0.944. The third-order valence-corrected chi connectivity index (χ3v) is 3.34. The highest BCUT2D eigenvalue weighted by Gasteiger charge is 2.38. The zero-order valence-corrected chi connectivity index (χ0v) is 12.0. The minimum absolute atomic E-state index is 0.0179. The first-order chi connectivity index (χ1) is 9.12. The van der Waals surface area contributed by atoms with Crippen molar-refractivity contribution in [3.63, 3.8) is 0 Å². The van der Waals surface area contributed by atoms with Crippen LogP contribution in [-0.4, -0.2) is 22.1 Å². The zero-order chi connectivity index (χ0) is 15.2. The Kier molecular flexibility index (Phi) is 3.57. The van der Waals surface area contributed by atoms with Crippen LogP contribution < -0.4 is 10.5 Å². The van der Waals surface area contributed by atoms with Crippen molar-refractivity contribution in [2.24, 2.45) is 7.05 Å². The quantitative estimate of drug-likeness (QED) is 0.840. The third-order valence-electron chi connectivity index (χ3n) is 2.76. The van der Waals surface area contributed by atoms with E-state index in [0.29, 0.717) is 0 Å². The number of aryl methyl sites for hydroxylation is 1. The van der Waals surface area contributed by atoms with Gasteiger partial charge in [-0.3, -0.25) is 4.68 Å². The van der Waals surface area contributed by atoms with Gasteiger partial charge in [-0.2, -0.15) is 18.3 Å². The molecule has 0 aliphatic rings. The van der Waals surface area contributed by atoms with Gasteiger partial charge in [-0.15, -0.1) is 0 Å². The second-order valence-corrected chi connectivity index (χ2v) is 5.06. The second kappa shape index (κ2) is 4.80. The van der Waals surface area contributed by atoms with E-state index in [9.17, 15) is 17.6 Å². The van der Waals surface area contributed by atoms with Crippen LogP contribution in [0.2, 0.25) is 0 Å². The average molecular weight is 356 g/mol. The number of rotatable bonds is 2. The van der Waals surface area contributed by atoms with Gasteiger partial charge in [0, 0.05) is 7.05 Å². The van der Waals surface area contributed by atoms with Gasteiger partial charge in [0.1, 0.15) is 11.3 Å². The summed E-state index contributed by atoms with van der Waals surface area (Å²) in [6, 6.07) is 1.11. The molecule has 1 aromatic heterocycles. The molecule has 0 fully saturated rings. The molecule has 0 amide bonds. The molecule has 0 saturated carbocycles. The van der Waals surface area contributed by atoms with Gasteiger partial charge in [-0.1, -0.05) is 0 Å². The Bertz CT molecular complexity index is 668. The van der Waals surface area contributed by atoms with Crippen molar-refractivity contribution in [3.05, 3.63) is 16.4 Å². The van der Waals surface area contributed by atoms with Crippen LogP contribution >= 0.6 is 15.9 Å². The lowest BCUT2D eigenvalue weighted by atomic mass is 10.2. The van der Waals surface area contributed by atoms with Crippen molar-refractivity contribution in [1.82, 2.24) is 9.78 Å². The SMILES string of the molecule is C[C@H](Oc1cc(Br)c(F)c2c1c(N)nn2C)C(F)(F)F. The molecule has 2 aromatic rings. The highest BCUT2D eigenvalue weighted by atomic mass is 79.9. The van der Waals surface area contributed by atoms with E-state index in [2.05, 4.69) is 21.0 Å². The molecule has 1 atom stereocenters. The molecule has 4 nitrogen and oxygen atoms in total. The number of nitrogens with two attached hydrogens (primary N) is 1. The van der Waals surface area contributed by atoms with Crippen LogP contribution in [0.15, 0.2) is 10.5 Å². The van der Waals surface area contributed by atoms with Gasteiger partial charge in [0.15, 0.2) is 17.7 Å². The van der Waals surface area contributed by atoms with E-state index in [0.717, 1.165) is 17.7 Å². The van der Waals surface area contributed by atoms with Crippen LogP contribution in [0.5, 0.6) is 5.75 Å². The van der Waals surface area contributed by atoms with E-state index in [1.54, 1.807) is 0 Å². The van der Waals surface area contributed by atoms with Crippen LogP contribution in [0.3, 0.4) is 0 Å². The van der Waals surface area contributed by atoms with Crippen LogP contribution in [0.1, 0.15) is 6.92 Å². The standard InChI is InChI=1S/C11H10BrF4N3O/c1-4(11(14,15)16)20-6-3-5(12)8(13)9-7(6)10(17)18-19(9)2/h3-4H,1-2H3,(H2,17,18)/t4-/m0/s1. The van der Waals surface area contributed by atoms with Crippen molar-refractivity contribution in [2.45, 2.75) is 19.2 Å². The number of halogens is 5. The van der Waals surface area contributed by atoms with Crippen molar-refractivity contribution < 1.29 is 22.3 Å². The normalized spacial score (nSPS) is 13.8. The van der Waals surface area contributed by atoms with Crippen molar-refractivity contribution in [3.8, 4) is 5.75 Å². The molecule has 0 aliphatic heterocycles. The van der Waals surface area contributed by atoms with E-state index in [1.165, 1.54) is 7.05 Å². The van der Waals surface area contributed by atoms with E-state index < -0.39 is 18.1 Å². The topological polar surface area (TPSA) is 53.1 Å². The Balaban J connectivity index is 2.62. The van der Waals surface area contributed by atoms with Gasteiger partial charge in [-0.25, -0.2) is 4.39 Å². The fraction of sp³-hybridized carbons (Fsp3) is 0.364. The first-order valence-electron chi connectivity index (χ1n) is 5.46. The summed E-state index contributed by atoms with van der Waals surface area (Å²) in [4.78, 5) is 0. The molecule has 0 unspecified atom stereocenters. The number of aromatic nitrogens is 2. The molecule has 0 bridgehead atoms. The maximum Gasteiger partial charge on any atom is 0.425 e. The number of fused-ring (bicyclic) bond motifs is 1. The molecule has 20 heavy (non-hydrogen) atoms. The number of alkyl halides is 3. The van der Waals surface area contributed by atoms with E-state index in [-0.39, 0.29) is 26.9 Å². The lowest BCUT2D eigenvalue weighted by Crippen LogP contribution is -2.31. The molecule has 1 heterocycles. The van der Waals surface area contributed by atoms with Crippen LogP contribution in [0.4, 0.5) is 23.4 Å². The number of benzene rings is 1. The first-order valence-corrected chi connectivity index (χ1v) is 6.25. The summed E-state index contributed by atoms with van der Waals surface area (Å²) in [5, 5.41) is 3.81. The number of hydrogen-bond acceptors (Lipinski definition) is 3. The van der Waals surface area contributed by atoms with Crippen LogP contribution in [0.25, 0.3) is 10.9 Å². The molecule has 0 aliphatic carbocycles. The van der Waals surface area contributed by atoms with Gasteiger partial charge in [0.05, 0.1) is 9.86 Å². The largest absolute Gasteiger partial charge is 0.480 e. The first kappa shape index (κ1) is 14.9. The maximum atomic E-state index is 14.0. The summed E-state index contributed by atoms with van der Waals surface area (Å²) < 4.78 is 57.6. The number of nitrogen functional groups attached to an aromatic ring is 1. The Morgan fingerprint density at radius 1 is 1.45 bits per heavy atom. The third kappa shape index (κ3) is 2.41. The predicted molar refractivity (Wildman–Crippen MR) is 68.9 cm³/mol. The Labute approximate surface area is 119 Å². The molecule has 0 spiro atoms. The molecular weight excluding hydrogens is 346 g/mol. The van der Waals surface area contributed by atoms with Crippen molar-refractivity contribution >= 4 is 32.7 Å². The second-order valence-electron chi connectivity index (χ2n) is 4.20. The summed E-state index contributed by atoms with van der Waals surface area (Å²) in [6.45, 7) is 0.857. The smallest absolute Gasteiger partial charge is 0.425 e. The predicted octanol–water partition coefficient (Wildman–Crippen LogP) is 3.39. The number of ether oxygens (including phenoxy) is 1. The fourth-order valence-electron chi connectivity index (χ4n) is 1.75. The van der Waals surface area contributed by atoms with Gasteiger partial charge >= 0.3 is 6.18 Å². The number of anilines is 1. The van der Waals surface area contributed by atoms with Gasteiger partial charge in [0.2, 0.25) is 0 Å². The minimum Gasteiger partial charge on any atom is -0.480 e. The van der Waals surface area contributed by atoms with E-state index in [1.807, 2.05) is 0 Å². The highest BCUT2D eigenvalue weighted by molar-refractivity contribution is 9.10. The van der Waals surface area contributed by atoms with Crippen LogP contribution in [-0.2, 0) is 7.05 Å². The van der Waals surface area contributed by atoms with Crippen molar-refractivity contribution in [2.75, 3.05) is 5.73 Å². The minimum atomic E-state index is -4.54. The summed E-state index contributed by atoms with van der Waals surface area (Å²) in [7, 11) is 1.44. The molecule has 9 heteroatoms. The molecular formula is C11H10BrF4N3O. The monoisotopic (exact) mass is 355 g/mol. The van der Waals surface area contributed by atoms with Gasteiger partial charge in [0.25, 0.3) is 0 Å². The molecule has 0 saturated heterocycles. The molecule has 2 rings (SSSR count). The van der Waals surface area contributed by atoms with Crippen LogP contribution in [0, 0.1) is 5.82 Å². The summed E-state index contributed by atoms with van der Waals surface area (Å²) in [5.41, 5.74) is 5.58.